The summed E-state index contributed by atoms with van der Waals surface area (Å²) in [6, 6.07) is 0. The molecule has 1 aromatic rings. The second-order valence-corrected chi connectivity index (χ2v) is 8.25. The van der Waals surface area contributed by atoms with E-state index in [1.165, 1.54) is 32.1 Å². The molecule has 2 aliphatic carbocycles. The van der Waals surface area contributed by atoms with Crippen molar-refractivity contribution >= 4 is 35.7 Å². The Kier molecular flexibility index (Phi) is 4.69. The Morgan fingerprint density at radius 3 is 2.32 bits per heavy atom. The molecule has 1 unspecified atom stereocenters. The number of anilines is 4. The molecule has 4 rings (SSSR count). The maximum absolute atomic E-state index is 4.81. The topological polar surface area (TPSA) is 56.3 Å². The number of nitrogens with zero attached hydrogens (tertiary/aromatic N) is 4. The number of hydrogen-bond donors (Lipinski definition) is 2. The minimum atomic E-state index is 0. The Balaban J connectivity index is 0.00000182. The number of fused-ring (bicyclic) bond motifs is 3. The Labute approximate surface area is 157 Å². The van der Waals surface area contributed by atoms with Crippen LogP contribution in [0.1, 0.15) is 46.0 Å². The molecule has 2 fully saturated rings. The van der Waals surface area contributed by atoms with E-state index in [1.807, 2.05) is 7.05 Å². The second kappa shape index (κ2) is 6.38. The van der Waals surface area contributed by atoms with Gasteiger partial charge in [-0.1, -0.05) is 13.8 Å². The van der Waals surface area contributed by atoms with Crippen molar-refractivity contribution < 1.29 is 0 Å². The Bertz CT molecular complexity index is 641. The van der Waals surface area contributed by atoms with Crippen LogP contribution in [0.3, 0.4) is 0 Å². The molecule has 1 aromatic heterocycles. The first kappa shape index (κ1) is 18.4. The van der Waals surface area contributed by atoms with Gasteiger partial charge in [0.05, 0.1) is 0 Å². The van der Waals surface area contributed by atoms with Crippen molar-refractivity contribution in [2.24, 2.45) is 11.8 Å². The van der Waals surface area contributed by atoms with E-state index in [0.717, 1.165) is 23.2 Å². The SMILES string of the molecule is CNc1nc(NC23CCC(CC2)C3)c2c(n1)N(C)C(C(C)C)N2C.Cl. The van der Waals surface area contributed by atoms with Gasteiger partial charge in [0.2, 0.25) is 5.95 Å². The van der Waals surface area contributed by atoms with Gasteiger partial charge in [0.15, 0.2) is 11.6 Å². The Hall–Kier alpha value is -1.43. The number of hydrogen-bond acceptors (Lipinski definition) is 6. The highest BCUT2D eigenvalue weighted by Gasteiger charge is 2.46. The van der Waals surface area contributed by atoms with Crippen LogP contribution < -0.4 is 20.4 Å². The zero-order valence-electron chi connectivity index (χ0n) is 16.0. The summed E-state index contributed by atoms with van der Waals surface area (Å²) in [6.07, 6.45) is 6.90. The molecule has 25 heavy (non-hydrogen) atoms. The average molecular weight is 367 g/mol. The lowest BCUT2D eigenvalue weighted by molar-refractivity contribution is 0.446. The quantitative estimate of drug-likeness (QED) is 0.849. The molecule has 140 valence electrons. The van der Waals surface area contributed by atoms with Gasteiger partial charge in [-0.2, -0.15) is 9.97 Å². The normalized spacial score (nSPS) is 29.8. The molecule has 2 N–H and O–H groups in total. The standard InChI is InChI=1S/C18H30N6.ClH/c1-11(2)16-23(4)13-14(20-17(19-3)21-15(13)24(16)5)22-18-8-6-12(10-18)7-9-18;/h11-12,16H,6-10H2,1-5H3,(H2,19,20,21,22);1H. The van der Waals surface area contributed by atoms with Crippen LogP contribution in [0.15, 0.2) is 0 Å². The zero-order chi connectivity index (χ0) is 17.1. The van der Waals surface area contributed by atoms with Gasteiger partial charge in [0.1, 0.15) is 11.9 Å². The fraction of sp³-hybridized carbons (Fsp3) is 0.778. The first-order chi connectivity index (χ1) is 11.4. The van der Waals surface area contributed by atoms with Gasteiger partial charge in [0, 0.05) is 26.7 Å². The molecule has 0 spiro atoms. The average Bonchev–Trinajstić information content (AvgIpc) is 3.20. The third-order valence-electron chi connectivity index (χ3n) is 6.29. The maximum Gasteiger partial charge on any atom is 0.226 e. The van der Waals surface area contributed by atoms with Gasteiger partial charge in [-0.15, -0.1) is 12.4 Å². The monoisotopic (exact) mass is 366 g/mol. The molecule has 0 saturated heterocycles. The summed E-state index contributed by atoms with van der Waals surface area (Å²) in [5.74, 6) is 4.16. The van der Waals surface area contributed by atoms with Crippen molar-refractivity contribution in [1.29, 1.82) is 0 Å². The first-order valence-electron chi connectivity index (χ1n) is 9.28. The number of halogens is 1. The molecular weight excluding hydrogens is 336 g/mol. The summed E-state index contributed by atoms with van der Waals surface area (Å²) in [4.78, 5) is 14.2. The molecule has 3 aliphatic rings. The van der Waals surface area contributed by atoms with Crippen molar-refractivity contribution in [3.05, 3.63) is 0 Å². The van der Waals surface area contributed by atoms with Crippen molar-refractivity contribution in [3.63, 3.8) is 0 Å². The van der Waals surface area contributed by atoms with E-state index in [2.05, 4.69) is 48.4 Å². The highest BCUT2D eigenvalue weighted by molar-refractivity contribution is 5.85. The zero-order valence-corrected chi connectivity index (χ0v) is 16.8. The summed E-state index contributed by atoms with van der Waals surface area (Å²) in [6.45, 7) is 4.53. The summed E-state index contributed by atoms with van der Waals surface area (Å²) in [5, 5.41) is 7.01. The van der Waals surface area contributed by atoms with Crippen LogP contribution >= 0.6 is 12.4 Å². The fourth-order valence-corrected chi connectivity index (χ4v) is 5.24. The van der Waals surface area contributed by atoms with Crippen molar-refractivity contribution in [1.82, 2.24) is 9.97 Å². The van der Waals surface area contributed by atoms with E-state index >= 15 is 0 Å². The van der Waals surface area contributed by atoms with E-state index in [0.29, 0.717) is 18.0 Å². The van der Waals surface area contributed by atoms with Crippen LogP contribution in [0.2, 0.25) is 0 Å². The Morgan fingerprint density at radius 2 is 1.80 bits per heavy atom. The predicted molar refractivity (Wildman–Crippen MR) is 107 cm³/mol. The highest BCUT2D eigenvalue weighted by atomic mass is 35.5. The number of aromatic nitrogens is 2. The number of nitrogens with one attached hydrogen (secondary N) is 2. The third kappa shape index (κ3) is 2.78. The van der Waals surface area contributed by atoms with Crippen LogP contribution in [-0.2, 0) is 0 Å². The second-order valence-electron chi connectivity index (χ2n) is 8.25. The van der Waals surface area contributed by atoms with Gasteiger partial charge in [-0.3, -0.25) is 0 Å². The minimum absolute atomic E-state index is 0. The van der Waals surface area contributed by atoms with Crippen LogP contribution in [0.5, 0.6) is 0 Å². The van der Waals surface area contributed by atoms with E-state index in [9.17, 15) is 0 Å². The minimum Gasteiger partial charge on any atom is -0.363 e. The lowest BCUT2D eigenvalue weighted by Gasteiger charge is -2.32. The van der Waals surface area contributed by atoms with Crippen LogP contribution in [0.4, 0.5) is 23.3 Å². The molecule has 6 nitrogen and oxygen atoms in total. The van der Waals surface area contributed by atoms with Gasteiger partial charge < -0.3 is 20.4 Å². The molecule has 1 aliphatic heterocycles. The van der Waals surface area contributed by atoms with Crippen molar-refractivity contribution in [2.45, 2.75) is 57.7 Å². The van der Waals surface area contributed by atoms with Crippen LogP contribution in [0.25, 0.3) is 0 Å². The molecule has 2 heterocycles. The maximum atomic E-state index is 4.81. The molecule has 0 amide bonds. The van der Waals surface area contributed by atoms with Crippen molar-refractivity contribution in [3.8, 4) is 0 Å². The molecule has 0 aromatic carbocycles. The fourth-order valence-electron chi connectivity index (χ4n) is 5.24. The predicted octanol–water partition coefficient (Wildman–Crippen LogP) is 3.55. The largest absolute Gasteiger partial charge is 0.363 e. The number of rotatable bonds is 4. The van der Waals surface area contributed by atoms with Gasteiger partial charge >= 0.3 is 0 Å². The summed E-state index contributed by atoms with van der Waals surface area (Å²) >= 11 is 0. The lowest BCUT2D eigenvalue weighted by atomic mass is 9.94. The first-order valence-corrected chi connectivity index (χ1v) is 9.28. The summed E-state index contributed by atoms with van der Waals surface area (Å²) in [7, 11) is 6.20. The van der Waals surface area contributed by atoms with E-state index in [-0.39, 0.29) is 17.9 Å². The molecule has 2 saturated carbocycles. The molecule has 0 radical (unpaired) electrons. The van der Waals surface area contributed by atoms with E-state index in [4.69, 9.17) is 9.97 Å². The van der Waals surface area contributed by atoms with Gasteiger partial charge in [0.25, 0.3) is 0 Å². The Morgan fingerprint density at radius 1 is 1.12 bits per heavy atom. The van der Waals surface area contributed by atoms with Crippen LogP contribution in [-0.4, -0.2) is 42.8 Å². The third-order valence-corrected chi connectivity index (χ3v) is 6.29. The molecular formula is C18H31ClN6. The van der Waals surface area contributed by atoms with E-state index in [1.54, 1.807) is 0 Å². The van der Waals surface area contributed by atoms with Crippen LogP contribution in [0, 0.1) is 11.8 Å². The molecule has 7 heteroatoms. The highest BCUT2D eigenvalue weighted by Crippen LogP contribution is 2.51. The summed E-state index contributed by atoms with van der Waals surface area (Å²) in [5.41, 5.74) is 1.41. The molecule has 1 atom stereocenters. The smallest absolute Gasteiger partial charge is 0.226 e. The molecule has 2 bridgehead atoms. The van der Waals surface area contributed by atoms with Gasteiger partial charge in [-0.05, 0) is 43.9 Å². The van der Waals surface area contributed by atoms with Gasteiger partial charge in [-0.25, -0.2) is 0 Å². The summed E-state index contributed by atoms with van der Waals surface area (Å²) < 4.78 is 0. The van der Waals surface area contributed by atoms with E-state index < -0.39 is 0 Å². The van der Waals surface area contributed by atoms with Crippen molar-refractivity contribution in [2.75, 3.05) is 41.6 Å². The lowest BCUT2D eigenvalue weighted by Crippen LogP contribution is -2.43.